The number of aryl methyl sites for hydroxylation is 1. The van der Waals surface area contributed by atoms with E-state index in [1.54, 1.807) is 0 Å². The lowest BCUT2D eigenvalue weighted by atomic mass is 9.94. The number of aromatic nitrogens is 2. The van der Waals surface area contributed by atoms with E-state index in [9.17, 15) is 9.59 Å². The zero-order valence-corrected chi connectivity index (χ0v) is 10.3. The highest BCUT2D eigenvalue weighted by atomic mass is 16.2. The summed E-state index contributed by atoms with van der Waals surface area (Å²) in [7, 11) is 0. The second-order valence-electron chi connectivity index (χ2n) is 5.13. The van der Waals surface area contributed by atoms with Gasteiger partial charge in [-0.25, -0.2) is 4.98 Å². The summed E-state index contributed by atoms with van der Waals surface area (Å²) in [6.45, 7) is 2.08. The predicted molar refractivity (Wildman–Crippen MR) is 64.9 cm³/mol. The molecule has 96 valence electrons. The largest absolute Gasteiger partial charge is 0.342 e. The molecule has 0 bridgehead atoms. The van der Waals surface area contributed by atoms with Crippen LogP contribution in [0.2, 0.25) is 0 Å². The molecule has 1 unspecified atom stereocenters. The molecule has 2 aliphatic heterocycles. The number of imidazole rings is 1. The van der Waals surface area contributed by atoms with Crippen molar-refractivity contribution in [2.45, 2.75) is 32.2 Å². The van der Waals surface area contributed by atoms with Crippen molar-refractivity contribution in [2.75, 3.05) is 13.1 Å². The fraction of sp³-hybridized carbons (Fsp3) is 0.615. The van der Waals surface area contributed by atoms with E-state index in [1.807, 2.05) is 17.4 Å². The summed E-state index contributed by atoms with van der Waals surface area (Å²) in [5.41, 5.74) is 1.15. The van der Waals surface area contributed by atoms with Gasteiger partial charge in [-0.05, 0) is 6.42 Å². The first-order valence-electron chi connectivity index (χ1n) is 6.53. The standard InChI is InChI=1S/C13H17N3O2/c17-12-2-5-15(6-3-12)13(18)10-1-4-16-9-14-8-11(16)7-10/h8-10H,1-7H2. The summed E-state index contributed by atoms with van der Waals surface area (Å²) in [5, 5.41) is 0. The Balaban J connectivity index is 1.65. The number of ketones is 1. The third kappa shape index (κ3) is 2.05. The molecule has 3 heterocycles. The number of amides is 1. The number of Topliss-reactive ketones (excluding diaryl/α,β-unsaturated/α-hetero) is 1. The second kappa shape index (κ2) is 4.55. The van der Waals surface area contributed by atoms with Crippen LogP contribution in [-0.4, -0.2) is 39.2 Å². The average Bonchev–Trinajstić information content (AvgIpc) is 2.86. The first-order valence-corrected chi connectivity index (χ1v) is 6.53. The SMILES string of the molecule is O=C1CCN(C(=O)C2CCn3cncc3C2)CC1. The number of hydrogen-bond donors (Lipinski definition) is 0. The van der Waals surface area contributed by atoms with Crippen LogP contribution in [0.1, 0.15) is 25.0 Å². The highest BCUT2D eigenvalue weighted by Crippen LogP contribution is 2.23. The van der Waals surface area contributed by atoms with Crippen molar-refractivity contribution in [1.29, 1.82) is 0 Å². The molecular weight excluding hydrogens is 230 g/mol. The molecule has 1 aromatic rings. The Kier molecular flexibility index (Phi) is 2.89. The molecule has 3 rings (SSSR count). The quantitative estimate of drug-likeness (QED) is 0.731. The summed E-state index contributed by atoms with van der Waals surface area (Å²) in [6, 6.07) is 0. The van der Waals surface area contributed by atoms with Crippen LogP contribution in [0, 0.1) is 5.92 Å². The van der Waals surface area contributed by atoms with Gasteiger partial charge in [0.2, 0.25) is 5.91 Å². The van der Waals surface area contributed by atoms with Crippen molar-refractivity contribution in [3.8, 4) is 0 Å². The summed E-state index contributed by atoms with van der Waals surface area (Å²) in [4.78, 5) is 29.5. The van der Waals surface area contributed by atoms with Crippen LogP contribution in [0.5, 0.6) is 0 Å². The maximum absolute atomic E-state index is 12.4. The first kappa shape index (κ1) is 11.4. The summed E-state index contributed by atoms with van der Waals surface area (Å²) in [5.74, 6) is 0.568. The van der Waals surface area contributed by atoms with Gasteiger partial charge in [-0.2, -0.15) is 0 Å². The van der Waals surface area contributed by atoms with Crippen molar-refractivity contribution in [2.24, 2.45) is 5.92 Å². The normalized spacial score (nSPS) is 23.9. The molecule has 1 amide bonds. The van der Waals surface area contributed by atoms with Crippen molar-refractivity contribution in [1.82, 2.24) is 14.5 Å². The molecule has 1 saturated heterocycles. The lowest BCUT2D eigenvalue weighted by Crippen LogP contribution is -2.43. The summed E-state index contributed by atoms with van der Waals surface area (Å²) < 4.78 is 2.11. The van der Waals surface area contributed by atoms with Crippen molar-refractivity contribution in [3.05, 3.63) is 18.2 Å². The number of carbonyl (C=O) groups is 2. The third-order valence-electron chi connectivity index (χ3n) is 3.95. The van der Waals surface area contributed by atoms with Gasteiger partial charge < -0.3 is 9.47 Å². The number of hydrogen-bond acceptors (Lipinski definition) is 3. The molecule has 5 heteroatoms. The Bertz CT molecular complexity index is 470. The van der Waals surface area contributed by atoms with E-state index in [-0.39, 0.29) is 17.6 Å². The van der Waals surface area contributed by atoms with E-state index in [0.717, 1.165) is 25.1 Å². The van der Waals surface area contributed by atoms with E-state index < -0.39 is 0 Å². The molecule has 0 saturated carbocycles. The lowest BCUT2D eigenvalue weighted by Gasteiger charge is -2.31. The molecule has 1 fully saturated rings. The van der Waals surface area contributed by atoms with Gasteiger partial charge in [0.05, 0.1) is 6.33 Å². The molecule has 0 spiro atoms. The highest BCUT2D eigenvalue weighted by Gasteiger charge is 2.30. The maximum atomic E-state index is 12.4. The minimum Gasteiger partial charge on any atom is -0.342 e. The third-order valence-corrected chi connectivity index (χ3v) is 3.95. The lowest BCUT2D eigenvalue weighted by molar-refractivity contribution is -0.138. The molecule has 18 heavy (non-hydrogen) atoms. The number of piperidine rings is 1. The zero-order valence-electron chi connectivity index (χ0n) is 10.3. The van der Waals surface area contributed by atoms with Gasteiger partial charge in [-0.3, -0.25) is 9.59 Å². The Hall–Kier alpha value is -1.65. The van der Waals surface area contributed by atoms with E-state index in [4.69, 9.17) is 0 Å². The molecule has 0 radical (unpaired) electrons. The van der Waals surface area contributed by atoms with Crippen LogP contribution in [0.4, 0.5) is 0 Å². The van der Waals surface area contributed by atoms with Crippen LogP contribution in [0.25, 0.3) is 0 Å². The minimum absolute atomic E-state index is 0.0717. The summed E-state index contributed by atoms with van der Waals surface area (Å²) >= 11 is 0. The molecular formula is C13H17N3O2. The molecule has 0 aliphatic carbocycles. The van der Waals surface area contributed by atoms with Gasteiger partial charge in [0, 0.05) is 56.7 Å². The van der Waals surface area contributed by atoms with E-state index in [0.29, 0.717) is 25.9 Å². The van der Waals surface area contributed by atoms with E-state index in [2.05, 4.69) is 9.55 Å². The Morgan fingerprint density at radius 2 is 2.06 bits per heavy atom. The molecule has 1 aromatic heterocycles. The topological polar surface area (TPSA) is 55.2 Å². The van der Waals surface area contributed by atoms with Crippen LogP contribution in [-0.2, 0) is 22.6 Å². The first-order chi connectivity index (χ1) is 8.74. The Morgan fingerprint density at radius 3 is 2.83 bits per heavy atom. The van der Waals surface area contributed by atoms with Crippen LogP contribution < -0.4 is 0 Å². The van der Waals surface area contributed by atoms with Gasteiger partial charge >= 0.3 is 0 Å². The number of nitrogens with zero attached hydrogens (tertiary/aromatic N) is 3. The predicted octanol–water partition coefficient (Wildman–Crippen LogP) is 0.637. The maximum Gasteiger partial charge on any atom is 0.226 e. The highest BCUT2D eigenvalue weighted by molar-refractivity contribution is 5.84. The Labute approximate surface area is 106 Å². The zero-order chi connectivity index (χ0) is 12.5. The average molecular weight is 247 g/mol. The minimum atomic E-state index is 0.0717. The molecule has 2 aliphatic rings. The molecule has 0 N–H and O–H groups in total. The fourth-order valence-electron chi connectivity index (χ4n) is 2.81. The van der Waals surface area contributed by atoms with Crippen LogP contribution in [0.15, 0.2) is 12.5 Å². The van der Waals surface area contributed by atoms with Gasteiger partial charge in [-0.15, -0.1) is 0 Å². The molecule has 5 nitrogen and oxygen atoms in total. The smallest absolute Gasteiger partial charge is 0.226 e. The summed E-state index contributed by atoms with van der Waals surface area (Å²) in [6.07, 6.45) is 6.39. The Morgan fingerprint density at radius 1 is 1.28 bits per heavy atom. The van der Waals surface area contributed by atoms with Crippen molar-refractivity contribution < 1.29 is 9.59 Å². The number of carbonyl (C=O) groups excluding carboxylic acids is 2. The number of rotatable bonds is 1. The van der Waals surface area contributed by atoms with Crippen molar-refractivity contribution in [3.63, 3.8) is 0 Å². The van der Waals surface area contributed by atoms with Gasteiger partial charge in [0.15, 0.2) is 0 Å². The second-order valence-corrected chi connectivity index (χ2v) is 5.13. The van der Waals surface area contributed by atoms with E-state index >= 15 is 0 Å². The van der Waals surface area contributed by atoms with Gasteiger partial charge in [0.1, 0.15) is 5.78 Å². The van der Waals surface area contributed by atoms with Crippen LogP contribution >= 0.6 is 0 Å². The number of likely N-dealkylation sites (tertiary alicyclic amines) is 1. The van der Waals surface area contributed by atoms with Gasteiger partial charge in [0.25, 0.3) is 0 Å². The van der Waals surface area contributed by atoms with Gasteiger partial charge in [-0.1, -0.05) is 0 Å². The van der Waals surface area contributed by atoms with Crippen LogP contribution in [0.3, 0.4) is 0 Å². The number of fused-ring (bicyclic) bond motifs is 1. The van der Waals surface area contributed by atoms with Crippen molar-refractivity contribution >= 4 is 11.7 Å². The molecule has 1 atom stereocenters. The fourth-order valence-corrected chi connectivity index (χ4v) is 2.81. The molecule has 0 aromatic carbocycles. The van der Waals surface area contributed by atoms with E-state index in [1.165, 1.54) is 0 Å². The monoisotopic (exact) mass is 247 g/mol.